The van der Waals surface area contributed by atoms with E-state index in [9.17, 15) is 24.0 Å². The quantitative estimate of drug-likeness (QED) is 0.348. The van der Waals surface area contributed by atoms with Gasteiger partial charge in [0.1, 0.15) is 17.5 Å². The number of aromatic nitrogens is 1. The zero-order chi connectivity index (χ0) is 29.1. The number of Topliss-reactive ketones (excluding diaryl/α,β-unsaturated/α-hetero) is 2. The fourth-order valence-electron chi connectivity index (χ4n) is 6.00. The van der Waals surface area contributed by atoms with Crippen molar-refractivity contribution < 1.29 is 24.0 Å². The lowest BCUT2D eigenvalue weighted by atomic mass is 9.90. The van der Waals surface area contributed by atoms with Gasteiger partial charge in [-0.2, -0.15) is 0 Å². The Labute approximate surface area is 239 Å². The number of para-hydroxylation sites is 1. The number of H-pyrrole nitrogens is 1. The van der Waals surface area contributed by atoms with Crippen molar-refractivity contribution in [3.8, 4) is 0 Å². The number of aromatic amines is 1. The van der Waals surface area contributed by atoms with Gasteiger partial charge in [-0.15, -0.1) is 0 Å². The van der Waals surface area contributed by atoms with Crippen molar-refractivity contribution in [2.24, 2.45) is 11.3 Å². The number of ketones is 2. The number of benzene rings is 2. The molecule has 9 nitrogen and oxygen atoms in total. The van der Waals surface area contributed by atoms with Crippen LogP contribution in [0.1, 0.15) is 62.0 Å². The Morgan fingerprint density at radius 2 is 1.78 bits per heavy atom. The highest BCUT2D eigenvalue weighted by molar-refractivity contribution is 6.38. The van der Waals surface area contributed by atoms with E-state index in [2.05, 4.69) is 15.6 Å². The number of rotatable bonds is 9. The highest BCUT2D eigenvalue weighted by atomic mass is 16.2. The molecule has 1 saturated carbocycles. The normalized spacial score (nSPS) is 20.6. The Morgan fingerprint density at radius 1 is 1.05 bits per heavy atom. The number of carbonyl (C=O) groups is 5. The molecular weight excluding hydrogens is 520 g/mol. The van der Waals surface area contributed by atoms with Crippen molar-refractivity contribution >= 4 is 40.2 Å². The number of fused-ring (bicyclic) bond motifs is 1. The Hall–Kier alpha value is -4.27. The van der Waals surface area contributed by atoms with Crippen LogP contribution in [0.2, 0.25) is 0 Å². The van der Waals surface area contributed by atoms with Gasteiger partial charge in [-0.1, -0.05) is 62.4 Å². The summed E-state index contributed by atoms with van der Waals surface area (Å²) in [4.78, 5) is 70.7. The van der Waals surface area contributed by atoms with Crippen molar-refractivity contribution in [1.29, 1.82) is 0 Å². The van der Waals surface area contributed by atoms with Gasteiger partial charge in [0.15, 0.2) is 0 Å². The standard InChI is InChI=1S/C32H36N4O5/c1-32(2)17-26(36(19-32)31(41)25-15-21-11-6-7-13-23(21)34-25)29(39)35-24(16-22-12-8-14-27(22)37)28(38)30(40)33-18-20-9-4-3-5-10-20/h3-7,9-11,13,15,22,24,26,34H,8,12,14,16-19H2,1-2H3,(H,33,40)(H,35,39). The Bertz CT molecular complexity index is 1440. The summed E-state index contributed by atoms with van der Waals surface area (Å²) in [6.07, 6.45) is 2.24. The second-order valence-corrected chi connectivity index (χ2v) is 12.0. The SMILES string of the molecule is CC1(C)CC(C(=O)NC(CC2CCCC2=O)C(=O)C(=O)NCc2ccccc2)N(C(=O)c2cc3ccccc3[nH]2)C1. The largest absolute Gasteiger partial charge is 0.351 e. The summed E-state index contributed by atoms with van der Waals surface area (Å²) in [6, 6.07) is 16.5. The molecular formula is C32H36N4O5. The molecule has 2 aliphatic rings. The van der Waals surface area contributed by atoms with Crippen molar-refractivity contribution in [1.82, 2.24) is 20.5 Å². The number of carbonyl (C=O) groups excluding carboxylic acids is 5. The van der Waals surface area contributed by atoms with Gasteiger partial charge < -0.3 is 20.5 Å². The molecule has 1 saturated heterocycles. The monoisotopic (exact) mass is 556 g/mol. The van der Waals surface area contributed by atoms with Gasteiger partial charge in [-0.05, 0) is 48.8 Å². The Balaban J connectivity index is 1.33. The topological polar surface area (TPSA) is 128 Å². The highest BCUT2D eigenvalue weighted by Gasteiger charge is 2.45. The molecule has 214 valence electrons. The fourth-order valence-corrected chi connectivity index (χ4v) is 6.00. The zero-order valence-electron chi connectivity index (χ0n) is 23.4. The maximum absolute atomic E-state index is 13.7. The van der Waals surface area contributed by atoms with E-state index >= 15 is 0 Å². The lowest BCUT2D eigenvalue weighted by Gasteiger charge is -2.26. The molecule has 1 aliphatic heterocycles. The molecule has 0 spiro atoms. The molecule has 1 aliphatic carbocycles. The summed E-state index contributed by atoms with van der Waals surface area (Å²) in [6.45, 7) is 4.50. The molecule has 0 radical (unpaired) electrons. The van der Waals surface area contributed by atoms with Crippen LogP contribution in [-0.4, -0.2) is 57.8 Å². The van der Waals surface area contributed by atoms with E-state index in [0.717, 1.165) is 22.9 Å². The summed E-state index contributed by atoms with van der Waals surface area (Å²) in [5.41, 5.74) is 1.70. The van der Waals surface area contributed by atoms with Crippen LogP contribution in [0.4, 0.5) is 0 Å². The van der Waals surface area contributed by atoms with Crippen LogP contribution in [0.5, 0.6) is 0 Å². The summed E-state index contributed by atoms with van der Waals surface area (Å²) in [5, 5.41) is 6.31. The average Bonchev–Trinajstić information content (AvgIpc) is 3.67. The van der Waals surface area contributed by atoms with Crippen molar-refractivity contribution in [2.75, 3.05) is 6.54 Å². The number of hydrogen-bond donors (Lipinski definition) is 3. The molecule has 5 rings (SSSR count). The third kappa shape index (κ3) is 6.39. The van der Waals surface area contributed by atoms with Gasteiger partial charge in [0.05, 0.1) is 6.04 Å². The number of likely N-dealkylation sites (tertiary alicyclic amines) is 1. The molecule has 3 unspecified atom stereocenters. The van der Waals surface area contributed by atoms with Crippen LogP contribution in [0.15, 0.2) is 60.7 Å². The van der Waals surface area contributed by atoms with Crippen LogP contribution >= 0.6 is 0 Å². The summed E-state index contributed by atoms with van der Waals surface area (Å²) >= 11 is 0. The third-order valence-corrected chi connectivity index (χ3v) is 8.15. The average molecular weight is 557 g/mol. The van der Waals surface area contributed by atoms with E-state index < -0.39 is 35.6 Å². The van der Waals surface area contributed by atoms with Crippen LogP contribution in [0, 0.1) is 11.3 Å². The molecule has 1 aromatic heterocycles. The minimum absolute atomic E-state index is 0.0411. The van der Waals surface area contributed by atoms with Gasteiger partial charge in [0, 0.05) is 36.3 Å². The lowest BCUT2D eigenvalue weighted by molar-refractivity contribution is -0.141. The van der Waals surface area contributed by atoms with Gasteiger partial charge in [0.25, 0.3) is 11.8 Å². The van der Waals surface area contributed by atoms with Gasteiger partial charge in [-0.3, -0.25) is 24.0 Å². The first-order chi connectivity index (χ1) is 19.6. The van der Waals surface area contributed by atoms with Crippen molar-refractivity contribution in [2.45, 2.75) is 64.6 Å². The van der Waals surface area contributed by atoms with E-state index in [1.165, 1.54) is 4.90 Å². The summed E-state index contributed by atoms with van der Waals surface area (Å²) in [5.74, 6) is -2.77. The lowest BCUT2D eigenvalue weighted by Crippen LogP contribution is -2.54. The predicted molar refractivity (Wildman–Crippen MR) is 154 cm³/mol. The van der Waals surface area contributed by atoms with E-state index in [-0.39, 0.29) is 30.1 Å². The number of nitrogens with zero attached hydrogens (tertiary/aromatic N) is 1. The van der Waals surface area contributed by atoms with Gasteiger partial charge in [0.2, 0.25) is 11.7 Å². The third-order valence-electron chi connectivity index (χ3n) is 8.15. The molecule has 3 aromatic rings. The van der Waals surface area contributed by atoms with Crippen molar-refractivity contribution in [3.05, 3.63) is 71.9 Å². The van der Waals surface area contributed by atoms with E-state index in [4.69, 9.17) is 0 Å². The summed E-state index contributed by atoms with van der Waals surface area (Å²) < 4.78 is 0. The number of hydrogen-bond acceptors (Lipinski definition) is 5. The second kappa shape index (κ2) is 11.7. The van der Waals surface area contributed by atoms with Crippen LogP contribution < -0.4 is 10.6 Å². The van der Waals surface area contributed by atoms with E-state index in [1.54, 1.807) is 6.07 Å². The Kier molecular flexibility index (Phi) is 8.06. The van der Waals surface area contributed by atoms with E-state index in [0.29, 0.717) is 31.5 Å². The van der Waals surface area contributed by atoms with E-state index in [1.807, 2.05) is 68.4 Å². The van der Waals surface area contributed by atoms with Crippen LogP contribution in [0.3, 0.4) is 0 Å². The minimum Gasteiger partial charge on any atom is -0.351 e. The van der Waals surface area contributed by atoms with Crippen LogP contribution in [0.25, 0.3) is 10.9 Å². The first-order valence-electron chi connectivity index (χ1n) is 14.2. The minimum atomic E-state index is -1.17. The molecule has 41 heavy (non-hydrogen) atoms. The molecule has 3 atom stereocenters. The van der Waals surface area contributed by atoms with Gasteiger partial charge in [-0.25, -0.2) is 0 Å². The maximum atomic E-state index is 13.7. The van der Waals surface area contributed by atoms with Gasteiger partial charge >= 0.3 is 0 Å². The summed E-state index contributed by atoms with van der Waals surface area (Å²) in [7, 11) is 0. The first kappa shape index (κ1) is 28.3. The molecule has 2 aromatic carbocycles. The Morgan fingerprint density at radius 3 is 2.49 bits per heavy atom. The zero-order valence-corrected chi connectivity index (χ0v) is 23.4. The highest BCUT2D eigenvalue weighted by Crippen LogP contribution is 2.35. The van der Waals surface area contributed by atoms with Crippen molar-refractivity contribution in [3.63, 3.8) is 0 Å². The molecule has 0 bridgehead atoms. The molecule has 3 amide bonds. The molecule has 2 fully saturated rings. The number of amides is 3. The molecule has 2 heterocycles. The maximum Gasteiger partial charge on any atom is 0.289 e. The molecule has 9 heteroatoms. The smallest absolute Gasteiger partial charge is 0.289 e. The first-order valence-corrected chi connectivity index (χ1v) is 14.2. The number of nitrogens with one attached hydrogen (secondary N) is 3. The molecule has 3 N–H and O–H groups in total. The second-order valence-electron chi connectivity index (χ2n) is 12.0. The van der Waals surface area contributed by atoms with Crippen LogP contribution in [-0.2, 0) is 25.7 Å². The fraction of sp³-hybridized carbons (Fsp3) is 0.406. The predicted octanol–water partition coefficient (Wildman–Crippen LogP) is 3.54.